The van der Waals surface area contributed by atoms with E-state index in [2.05, 4.69) is 151 Å². The zero-order valence-electron chi connectivity index (χ0n) is 62.0. The van der Waals surface area contributed by atoms with Gasteiger partial charge >= 0.3 is 36.6 Å². The van der Waals surface area contributed by atoms with E-state index in [4.69, 9.17) is 62.3 Å². The monoisotopic (exact) mass is 1460 g/mol. The van der Waals surface area contributed by atoms with Gasteiger partial charge in [0, 0.05) is 13.8 Å². The van der Waals surface area contributed by atoms with Gasteiger partial charge in [0.1, 0.15) is 26.4 Å². The predicted octanol–water partition coefficient (Wildman–Crippen LogP) is 6.68. The molecule has 0 spiro atoms. The highest BCUT2D eigenvalue weighted by atomic mass is 35.5. The van der Waals surface area contributed by atoms with Crippen molar-refractivity contribution in [3.63, 3.8) is 0 Å². The molecule has 5 N–H and O–H groups in total. The summed E-state index contributed by atoms with van der Waals surface area (Å²) in [5.41, 5.74) is 0. The SMILES string of the molecule is C.CC(=O)OC(C)=O.CC(C)(C)[SiH2]OCCO.CC(C)COC(=O)OCCO.CC(C)COC(=O)OCCO[Si](C)(C)C(C)(C)C.CC(O)COC(=O)OCCO[Si](C)(C)C(C)(C)C.CC1CO1.CCCC[N+](CCCC)(CCCC)CCCC.O=C=O.[Cl-].[F-].[NH2+]=PP. The van der Waals surface area contributed by atoms with Gasteiger partial charge in [0.15, 0.2) is 26.4 Å². The maximum atomic E-state index is 11.2. The summed E-state index contributed by atoms with van der Waals surface area (Å²) in [7, 11) is -0.790. The highest BCUT2D eigenvalue weighted by Crippen LogP contribution is 2.37. The summed E-state index contributed by atoms with van der Waals surface area (Å²) in [6.07, 6.45) is 9.12. The number of aliphatic hydroxyl groups excluding tert-OH is 3. The summed E-state index contributed by atoms with van der Waals surface area (Å²) in [4.78, 5) is 68.7. The number of quaternary nitrogens is 1. The number of halogens is 2. The maximum Gasteiger partial charge on any atom is 0.508 e. The van der Waals surface area contributed by atoms with E-state index in [-0.39, 0.29) is 80.4 Å². The number of esters is 2. The molecule has 1 fully saturated rings. The van der Waals surface area contributed by atoms with E-state index in [1.165, 1.54) is 103 Å². The lowest BCUT2D eigenvalue weighted by atomic mass is 10.1. The Kier molecular flexibility index (Phi) is 88.9. The lowest BCUT2D eigenvalue weighted by molar-refractivity contribution is -0.929. The molecule has 1 saturated heterocycles. The number of nitrogens with two attached hydrogens (primary N) is 1. The molecule has 0 saturated carbocycles. The van der Waals surface area contributed by atoms with Crippen molar-refractivity contribution < 1.29 is 127 Å². The average Bonchev–Trinajstić information content (AvgIpc) is 1.36. The third kappa shape index (κ3) is 98.2. The van der Waals surface area contributed by atoms with Crippen molar-refractivity contribution in [1.29, 1.82) is 0 Å². The first kappa shape index (κ1) is 115. The van der Waals surface area contributed by atoms with E-state index >= 15 is 0 Å². The fourth-order valence-corrected chi connectivity index (χ4v) is 8.51. The maximum absolute atomic E-state index is 11.2. The minimum Gasteiger partial charge on any atom is -1.00 e. The zero-order chi connectivity index (χ0) is 72.1. The van der Waals surface area contributed by atoms with Crippen LogP contribution in [0.2, 0.25) is 41.3 Å². The van der Waals surface area contributed by atoms with Gasteiger partial charge in [-0.3, -0.25) is 9.59 Å². The Hall–Kier alpha value is -2.59. The minimum absolute atomic E-state index is 0. The van der Waals surface area contributed by atoms with E-state index in [1.54, 1.807) is 0 Å². The molecule has 564 valence electrons. The molecule has 0 aliphatic carbocycles. The number of rotatable bonds is 31. The summed E-state index contributed by atoms with van der Waals surface area (Å²) in [5, 5.41) is 31.0. The third-order valence-electron chi connectivity index (χ3n) is 12.5. The van der Waals surface area contributed by atoms with Crippen LogP contribution in [0.1, 0.15) is 204 Å². The first-order chi connectivity index (χ1) is 41.4. The van der Waals surface area contributed by atoms with Crippen LogP contribution in [0.25, 0.3) is 0 Å². The number of hydrogen-bond donors (Lipinski definition) is 4. The number of unbranched alkanes of at least 4 members (excludes halogenated alkanes) is 4. The van der Waals surface area contributed by atoms with Crippen molar-refractivity contribution in [3.05, 3.63) is 0 Å². The minimum atomic E-state index is -1.79. The van der Waals surface area contributed by atoms with E-state index in [1.807, 2.05) is 27.7 Å². The smallest absolute Gasteiger partial charge is 0.508 e. The fourth-order valence-electron chi connectivity index (χ4n) is 5.58. The molecule has 0 radical (unpaired) electrons. The molecule has 1 aliphatic heterocycles. The fraction of sp³-hybridized carbons (Fsp3) is 0.905. The van der Waals surface area contributed by atoms with Gasteiger partial charge in [-0.15, -0.1) is 0 Å². The topological polar surface area (TPSA) is 311 Å². The highest BCUT2D eigenvalue weighted by Gasteiger charge is 2.38. The quantitative estimate of drug-likeness (QED) is 0.00822. The van der Waals surface area contributed by atoms with Crippen LogP contribution in [0.3, 0.4) is 0 Å². The van der Waals surface area contributed by atoms with Crippen LogP contribution in [0.15, 0.2) is 0 Å². The second-order valence-electron chi connectivity index (χ2n) is 26.3. The molecule has 0 bridgehead atoms. The number of nitrogens with zero attached hydrogens (tertiary/aromatic N) is 1. The first-order valence-electron chi connectivity index (χ1n) is 31.8. The number of epoxide rings is 1. The zero-order valence-corrected chi connectivity index (χ0v) is 68.2. The third-order valence-corrected chi connectivity index (χ3v) is 22.9. The average molecular weight is 1460 g/mol. The summed E-state index contributed by atoms with van der Waals surface area (Å²) in [5.74, 6) is -0.502. The Morgan fingerprint density at radius 3 is 1.08 bits per heavy atom. The van der Waals surface area contributed by atoms with Crippen molar-refractivity contribution in [3.8, 4) is 0 Å². The van der Waals surface area contributed by atoms with E-state index < -0.39 is 62.9 Å². The van der Waals surface area contributed by atoms with Crippen LogP contribution in [0, 0.1) is 11.8 Å². The molecule has 23 nitrogen and oxygen atoms in total. The molecule has 0 amide bonds. The van der Waals surface area contributed by atoms with E-state index in [9.17, 15) is 24.0 Å². The largest absolute Gasteiger partial charge is 1.00 e. The van der Waals surface area contributed by atoms with Gasteiger partial charge in [-0.05, 0) is 102 Å². The Labute approximate surface area is 579 Å². The number of carbonyl (C=O) groups is 5. The molecule has 1 rings (SSSR count). The predicted molar refractivity (Wildman–Crippen MR) is 375 cm³/mol. The molecule has 3 unspecified atom stereocenters. The Balaban J connectivity index is -0.0000000948. The lowest BCUT2D eigenvalue weighted by Gasteiger charge is -2.39. The molecule has 0 aromatic rings. The van der Waals surface area contributed by atoms with Gasteiger partial charge in [-0.2, -0.15) is 9.59 Å². The van der Waals surface area contributed by atoms with Gasteiger partial charge in [0.25, 0.3) is 0 Å². The van der Waals surface area contributed by atoms with Crippen molar-refractivity contribution >= 4 is 79.9 Å². The number of carbonyl (C=O) groups excluding carboxylic acids is 7. The summed E-state index contributed by atoms with van der Waals surface area (Å²) < 4.78 is 55.4. The molecular weight excluding hydrogens is 1320 g/mol. The van der Waals surface area contributed by atoms with Crippen LogP contribution in [-0.2, 0) is 70.4 Å². The van der Waals surface area contributed by atoms with Crippen LogP contribution in [0.4, 0.5) is 14.4 Å². The standard InChI is InChI=1S/C16H36N.C13H28O4Si.C12H26O5Si.C7H14O4.C6H16O2Si.C4H6O3.C3H6O.CO2.CH4.ClH.FH.H3NP2/c1-5-9-13-17(14-10-6-2,15-11-7-3)16-12-8-4;1-11(2)10-16-12(14)15-8-9-17-18(6,7)13(3,4)5;1-10(13)9-16-11(14)15-7-8-17-18(5,6)12(2,3)4;1-6(2)5-11-7(9)10-4-3-8;1-6(2,3)9-8-5-4-7;1-3(5)7-4(2)6;1-3-2-4-3;2-1-3;;;;1-3-2/h5-16H2,1-4H3;11H,8-10H2,1-7H3;10,13H,7-9H2,1-6H3;6,8H,3-5H2,1-2H3;7H,4-5,9H2,1-3H3;1-2H3;3H,2H2,1H3;;1H4;2*1H;1H,2H2/q+1;;;;;;;;;;;/p-1. The Morgan fingerprint density at radius 2 is 0.882 bits per heavy atom. The molecule has 1 heterocycles. The molecule has 0 aromatic carbocycles. The highest BCUT2D eigenvalue weighted by molar-refractivity contribution is 7.95. The van der Waals surface area contributed by atoms with Crippen molar-refractivity contribution in [2.45, 2.75) is 258 Å². The van der Waals surface area contributed by atoms with Crippen molar-refractivity contribution in [2.75, 3.05) is 105 Å². The van der Waals surface area contributed by atoms with E-state index in [0.29, 0.717) is 56.0 Å². The van der Waals surface area contributed by atoms with Crippen molar-refractivity contribution in [1.82, 2.24) is 0 Å². The summed E-state index contributed by atoms with van der Waals surface area (Å²) in [6.45, 7) is 60.3. The summed E-state index contributed by atoms with van der Waals surface area (Å²) in [6, 6.07) is 0. The normalized spacial score (nSPS) is 12.4. The van der Waals surface area contributed by atoms with Crippen LogP contribution < -0.4 is 22.3 Å². The van der Waals surface area contributed by atoms with Crippen LogP contribution >= 0.6 is 17.0 Å². The van der Waals surface area contributed by atoms with E-state index in [0.717, 1.165) is 14.7 Å². The van der Waals surface area contributed by atoms with Gasteiger partial charge < -0.3 is 88.1 Å². The molecule has 0 aromatic heterocycles. The number of aliphatic hydroxyl groups is 3. The second-order valence-corrected chi connectivity index (χ2v) is 39.9. The van der Waals surface area contributed by atoms with Crippen LogP contribution in [0.5, 0.6) is 0 Å². The number of hydrogen-bond acceptors (Lipinski definition) is 21. The van der Waals surface area contributed by atoms with Gasteiger partial charge in [0.05, 0.1) is 91.2 Å². The lowest BCUT2D eigenvalue weighted by Crippen LogP contribution is -3.00. The van der Waals surface area contributed by atoms with Gasteiger partial charge in [-0.1, -0.05) is 151 Å². The van der Waals surface area contributed by atoms with Gasteiger partial charge in [0.2, 0.25) is 8.06 Å². The van der Waals surface area contributed by atoms with Gasteiger partial charge in [-0.25, -0.2) is 19.5 Å². The summed E-state index contributed by atoms with van der Waals surface area (Å²) >= 11 is 0. The molecule has 3 atom stereocenters. The van der Waals surface area contributed by atoms with Crippen molar-refractivity contribution in [2.24, 2.45) is 11.8 Å². The Bertz CT molecular complexity index is 1650. The second kappa shape index (κ2) is 72.2. The molecule has 1 aliphatic rings. The molecule has 93 heavy (non-hydrogen) atoms. The molecular formula is C63H140ClFN2O21P2Si3. The van der Waals surface area contributed by atoms with Crippen LogP contribution in [-0.4, -0.2) is 200 Å². The Morgan fingerprint density at radius 1 is 0.613 bits per heavy atom. The number of ether oxygens (including phenoxy) is 8. The molecule has 30 heteroatoms. The first-order valence-corrected chi connectivity index (χ1v) is 41.5.